The first kappa shape index (κ1) is 23.0. The Balaban J connectivity index is 1.78. The maximum atomic E-state index is 15.1. The lowest BCUT2D eigenvalue weighted by molar-refractivity contribution is -0.146. The fraction of sp³-hybridized carbons (Fsp3) is 0.435. The van der Waals surface area contributed by atoms with Crippen molar-refractivity contribution in [2.24, 2.45) is 5.92 Å². The number of hydrogen-bond donors (Lipinski definition) is 0. The molecule has 0 amide bonds. The number of ether oxygens (including phenoxy) is 2. The summed E-state index contributed by atoms with van der Waals surface area (Å²) in [6, 6.07) is 9.18. The monoisotopic (exact) mass is 497 g/mol. The minimum Gasteiger partial charge on any atom is -0.496 e. The molecule has 0 unspecified atom stereocenters. The summed E-state index contributed by atoms with van der Waals surface area (Å²) in [5.41, 5.74) is 1.93. The second-order valence-corrected chi connectivity index (χ2v) is 8.92. The number of halogens is 3. The zero-order valence-electron chi connectivity index (χ0n) is 17.4. The van der Waals surface area contributed by atoms with Crippen LogP contribution in [-0.2, 0) is 16.1 Å². The minimum absolute atomic E-state index is 0.0276. The fourth-order valence-electron chi connectivity index (χ4n) is 4.13. The van der Waals surface area contributed by atoms with Gasteiger partial charge in [0.15, 0.2) is 0 Å². The van der Waals surface area contributed by atoms with Gasteiger partial charge in [-0.15, -0.1) is 0 Å². The number of methoxy groups -OCH3 is 2. The summed E-state index contributed by atoms with van der Waals surface area (Å²) in [4.78, 5) is 13.9. The van der Waals surface area contributed by atoms with Gasteiger partial charge in [-0.2, -0.15) is 0 Å². The molecule has 4 nitrogen and oxygen atoms in total. The van der Waals surface area contributed by atoms with E-state index in [1.807, 2.05) is 31.3 Å². The van der Waals surface area contributed by atoms with Gasteiger partial charge in [-0.1, -0.05) is 23.7 Å². The second kappa shape index (κ2) is 10.1. The summed E-state index contributed by atoms with van der Waals surface area (Å²) >= 11 is 9.81. The van der Waals surface area contributed by atoms with Gasteiger partial charge in [-0.25, -0.2) is 4.39 Å². The Morgan fingerprint density at radius 2 is 1.93 bits per heavy atom. The Bertz CT molecular complexity index is 916. The molecule has 7 heteroatoms. The molecule has 0 N–H and O–H groups in total. The Kier molecular flexibility index (Phi) is 7.77. The van der Waals surface area contributed by atoms with Gasteiger partial charge in [0.25, 0.3) is 0 Å². The lowest BCUT2D eigenvalue weighted by atomic mass is 9.85. The zero-order valence-corrected chi connectivity index (χ0v) is 19.7. The molecular formula is C23H26BrClFNO3. The minimum atomic E-state index is -0.324. The number of carbonyl (C=O) groups is 1. The first-order chi connectivity index (χ1) is 14.3. The topological polar surface area (TPSA) is 38.8 Å². The average molecular weight is 499 g/mol. The van der Waals surface area contributed by atoms with Gasteiger partial charge >= 0.3 is 5.97 Å². The molecule has 0 heterocycles. The van der Waals surface area contributed by atoms with Crippen LogP contribution in [0.4, 0.5) is 4.39 Å². The van der Waals surface area contributed by atoms with E-state index in [9.17, 15) is 4.79 Å². The molecule has 3 rings (SSSR count). The predicted molar refractivity (Wildman–Crippen MR) is 120 cm³/mol. The quantitative estimate of drug-likeness (QED) is 0.452. The van der Waals surface area contributed by atoms with E-state index in [1.165, 1.54) is 13.2 Å². The SMILES string of the molecule is COC(=O)C1CCC(N(C)Cc2c(F)cc(-c3cccc(Br)c3Cl)cc2OC)CC1. The van der Waals surface area contributed by atoms with Crippen LogP contribution in [0.15, 0.2) is 34.8 Å². The molecule has 1 aliphatic carbocycles. The number of esters is 1. The van der Waals surface area contributed by atoms with E-state index in [2.05, 4.69) is 20.8 Å². The molecule has 2 aromatic rings. The summed E-state index contributed by atoms with van der Waals surface area (Å²) in [5, 5.41) is 0.534. The number of benzene rings is 2. The van der Waals surface area contributed by atoms with Crippen LogP contribution in [0, 0.1) is 11.7 Å². The van der Waals surface area contributed by atoms with Gasteiger partial charge in [0.05, 0.1) is 25.2 Å². The Morgan fingerprint density at radius 3 is 2.57 bits per heavy atom. The lowest BCUT2D eigenvalue weighted by Crippen LogP contribution is -2.36. The molecule has 0 aromatic heterocycles. The summed E-state index contributed by atoms with van der Waals surface area (Å²) in [6.45, 7) is 0.426. The van der Waals surface area contributed by atoms with Gasteiger partial charge in [0, 0.05) is 28.2 Å². The third-order valence-electron chi connectivity index (χ3n) is 5.90. The van der Waals surface area contributed by atoms with E-state index >= 15 is 4.39 Å². The normalized spacial score (nSPS) is 19.0. The molecule has 0 bridgehead atoms. The summed E-state index contributed by atoms with van der Waals surface area (Å²) < 4.78 is 26.3. The van der Waals surface area contributed by atoms with Gasteiger partial charge in [0.1, 0.15) is 11.6 Å². The van der Waals surface area contributed by atoms with Crippen LogP contribution in [0.3, 0.4) is 0 Å². The van der Waals surface area contributed by atoms with E-state index in [4.69, 9.17) is 21.1 Å². The number of nitrogens with zero attached hydrogens (tertiary/aromatic N) is 1. The highest BCUT2D eigenvalue weighted by atomic mass is 79.9. The first-order valence-corrected chi connectivity index (χ1v) is 11.1. The molecule has 2 aromatic carbocycles. The molecule has 0 atom stereocenters. The van der Waals surface area contributed by atoms with Crippen molar-refractivity contribution < 1.29 is 18.7 Å². The molecule has 0 radical (unpaired) electrons. The van der Waals surface area contributed by atoms with Crippen LogP contribution in [0.1, 0.15) is 31.2 Å². The van der Waals surface area contributed by atoms with Crippen molar-refractivity contribution in [1.82, 2.24) is 4.90 Å². The van der Waals surface area contributed by atoms with Crippen molar-refractivity contribution in [3.63, 3.8) is 0 Å². The average Bonchev–Trinajstić information content (AvgIpc) is 2.76. The molecule has 0 saturated heterocycles. The van der Waals surface area contributed by atoms with Crippen molar-refractivity contribution >= 4 is 33.5 Å². The van der Waals surface area contributed by atoms with Gasteiger partial charge in [0.2, 0.25) is 0 Å². The second-order valence-electron chi connectivity index (χ2n) is 7.68. The lowest BCUT2D eigenvalue weighted by Gasteiger charge is -2.34. The third kappa shape index (κ3) is 4.98. The van der Waals surface area contributed by atoms with E-state index in [0.29, 0.717) is 28.4 Å². The molecular weight excluding hydrogens is 473 g/mol. The van der Waals surface area contributed by atoms with Crippen molar-refractivity contribution in [3.05, 3.63) is 51.2 Å². The van der Waals surface area contributed by atoms with Gasteiger partial charge < -0.3 is 9.47 Å². The van der Waals surface area contributed by atoms with E-state index in [1.54, 1.807) is 7.11 Å². The van der Waals surface area contributed by atoms with Crippen LogP contribution in [0.2, 0.25) is 5.02 Å². The molecule has 30 heavy (non-hydrogen) atoms. The van der Waals surface area contributed by atoms with Crippen molar-refractivity contribution in [1.29, 1.82) is 0 Å². The first-order valence-electron chi connectivity index (χ1n) is 9.94. The maximum Gasteiger partial charge on any atom is 0.308 e. The van der Waals surface area contributed by atoms with Crippen LogP contribution < -0.4 is 4.74 Å². The number of carbonyl (C=O) groups excluding carboxylic acids is 1. The smallest absolute Gasteiger partial charge is 0.308 e. The van der Waals surface area contributed by atoms with Crippen molar-refractivity contribution in [2.75, 3.05) is 21.3 Å². The summed E-state index contributed by atoms with van der Waals surface area (Å²) in [7, 11) is 4.97. The highest BCUT2D eigenvalue weighted by molar-refractivity contribution is 9.10. The molecule has 0 aliphatic heterocycles. The van der Waals surface area contributed by atoms with E-state index < -0.39 is 0 Å². The standard InChI is InChI=1S/C23H26BrClFNO3/c1-27(16-9-7-14(8-10-16)23(28)30-3)13-18-20(26)11-15(12-21(18)29-2)17-5-4-6-19(24)22(17)25/h4-6,11-12,14,16H,7-10,13H2,1-3H3. The maximum absolute atomic E-state index is 15.1. The van der Waals surface area contributed by atoms with Crippen LogP contribution in [0.5, 0.6) is 5.75 Å². The molecule has 1 saturated carbocycles. The fourth-order valence-corrected chi connectivity index (χ4v) is 4.73. The van der Waals surface area contributed by atoms with Crippen molar-refractivity contribution in [2.45, 2.75) is 38.3 Å². The highest BCUT2D eigenvalue weighted by Gasteiger charge is 2.29. The van der Waals surface area contributed by atoms with E-state index in [-0.39, 0.29) is 23.7 Å². The van der Waals surface area contributed by atoms with Crippen LogP contribution >= 0.6 is 27.5 Å². The third-order valence-corrected chi connectivity index (χ3v) is 7.20. The molecule has 1 fully saturated rings. The highest BCUT2D eigenvalue weighted by Crippen LogP contribution is 2.38. The predicted octanol–water partition coefficient (Wildman–Crippen LogP) is 6.08. The molecule has 162 valence electrons. The summed E-state index contributed by atoms with van der Waals surface area (Å²) in [5.74, 6) is 0.0115. The van der Waals surface area contributed by atoms with Gasteiger partial charge in [-0.3, -0.25) is 9.69 Å². The number of rotatable bonds is 6. The zero-order chi connectivity index (χ0) is 21.8. The number of hydrogen-bond acceptors (Lipinski definition) is 4. The van der Waals surface area contributed by atoms with Crippen LogP contribution in [-0.4, -0.2) is 38.2 Å². The van der Waals surface area contributed by atoms with E-state index in [0.717, 1.165) is 35.7 Å². The Labute approximate surface area is 190 Å². The van der Waals surface area contributed by atoms with Gasteiger partial charge in [-0.05, 0) is 72.4 Å². The van der Waals surface area contributed by atoms with Crippen molar-refractivity contribution in [3.8, 4) is 16.9 Å². The molecule has 0 spiro atoms. The Morgan fingerprint density at radius 1 is 1.23 bits per heavy atom. The Hall–Kier alpha value is -1.63. The summed E-state index contributed by atoms with van der Waals surface area (Å²) in [6.07, 6.45) is 3.35. The molecule has 1 aliphatic rings. The largest absolute Gasteiger partial charge is 0.496 e. The van der Waals surface area contributed by atoms with Crippen LogP contribution in [0.25, 0.3) is 11.1 Å².